The lowest BCUT2D eigenvalue weighted by Crippen LogP contribution is -2.61. The molecule has 2 nitrogen and oxygen atoms in total. The number of aromatic nitrogens is 2. The third kappa shape index (κ3) is 2.22. The number of hydrogen-bond acceptors (Lipinski definition) is 0. The largest absolute Gasteiger partial charge is 0.469 e. The lowest BCUT2D eigenvalue weighted by Gasteiger charge is -2.31. The number of hydrogen-bond donors (Lipinski definition) is 0. The fraction of sp³-hybridized carbons (Fsp3) is 0.667. The zero-order valence-electron chi connectivity index (χ0n) is 9.74. The third-order valence-corrected chi connectivity index (χ3v) is 2.51. The number of nitrogens with zero attached hydrogens (tertiary/aromatic N) is 2. The van der Waals surface area contributed by atoms with Gasteiger partial charge in [0.25, 0.3) is 0 Å². The average Bonchev–Trinajstić information content (AvgIpc) is 2.75. The second-order valence-corrected chi connectivity index (χ2v) is 3.84. The van der Waals surface area contributed by atoms with Gasteiger partial charge in [-0.1, -0.05) is 0 Å². The maximum atomic E-state index is 13.3. The molecule has 1 rings (SSSR count). The fourth-order valence-corrected chi connectivity index (χ4v) is 1.28. The van der Waals surface area contributed by atoms with Crippen LogP contribution in [0.4, 0.5) is 39.5 Å². The second-order valence-electron chi connectivity index (χ2n) is 3.84. The van der Waals surface area contributed by atoms with Crippen molar-refractivity contribution < 1.29 is 44.1 Å². The van der Waals surface area contributed by atoms with Crippen LogP contribution in [0.1, 0.15) is 6.92 Å². The standard InChI is InChI=1S/C9H8F9N2/c1-2-19-3-4-20(5-19)9(17,18)7(12,13)6(10,11)8(14,15)16/h3-5H,2H2,1H3/q+1. The maximum Gasteiger partial charge on any atom is 0.469 e. The van der Waals surface area contributed by atoms with E-state index in [1.165, 1.54) is 6.92 Å². The van der Waals surface area contributed by atoms with Crippen molar-refractivity contribution in [2.75, 3.05) is 0 Å². The van der Waals surface area contributed by atoms with E-state index in [0.717, 1.165) is 10.8 Å². The highest BCUT2D eigenvalue weighted by molar-refractivity contribution is 4.99. The summed E-state index contributed by atoms with van der Waals surface area (Å²) >= 11 is 0. The molecule has 0 aliphatic heterocycles. The number of imidazole rings is 1. The third-order valence-electron chi connectivity index (χ3n) is 2.51. The van der Waals surface area contributed by atoms with Gasteiger partial charge in [-0.25, -0.2) is 4.57 Å². The number of alkyl halides is 9. The summed E-state index contributed by atoms with van der Waals surface area (Å²) in [5, 5.41) is 0. The van der Waals surface area contributed by atoms with Crippen LogP contribution >= 0.6 is 0 Å². The SMILES string of the molecule is CC[n+]1ccn(C(F)(F)C(F)(F)C(F)(F)C(F)(F)F)c1. The second kappa shape index (κ2) is 4.55. The first-order chi connectivity index (χ1) is 8.79. The highest BCUT2D eigenvalue weighted by Gasteiger charge is 2.84. The molecule has 0 aliphatic rings. The van der Waals surface area contributed by atoms with E-state index in [4.69, 9.17) is 0 Å². The van der Waals surface area contributed by atoms with Crippen LogP contribution in [0.3, 0.4) is 0 Å². The molecular formula is C9H8F9N2+. The lowest BCUT2D eigenvalue weighted by molar-refractivity contribution is -0.694. The smallest absolute Gasteiger partial charge is 0.237 e. The molecular weight excluding hydrogens is 307 g/mol. The van der Waals surface area contributed by atoms with E-state index in [1.54, 1.807) is 0 Å². The molecule has 1 aromatic rings. The minimum Gasteiger partial charge on any atom is -0.237 e. The Kier molecular flexibility index (Phi) is 3.79. The van der Waals surface area contributed by atoms with Crippen molar-refractivity contribution in [3.8, 4) is 0 Å². The summed E-state index contributed by atoms with van der Waals surface area (Å²) in [7, 11) is 0. The molecule has 0 saturated carbocycles. The van der Waals surface area contributed by atoms with Gasteiger partial charge in [0.1, 0.15) is 12.4 Å². The van der Waals surface area contributed by atoms with Gasteiger partial charge in [-0.05, 0) is 6.92 Å². The molecule has 0 spiro atoms. The number of halogens is 9. The molecule has 116 valence electrons. The van der Waals surface area contributed by atoms with Crippen LogP contribution < -0.4 is 4.57 Å². The summed E-state index contributed by atoms with van der Waals surface area (Å²) < 4.78 is 114. The molecule has 0 radical (unpaired) electrons. The molecule has 0 aliphatic carbocycles. The van der Waals surface area contributed by atoms with E-state index in [9.17, 15) is 39.5 Å². The van der Waals surface area contributed by atoms with Crippen LogP contribution in [0.2, 0.25) is 0 Å². The Morgan fingerprint density at radius 2 is 1.40 bits per heavy atom. The highest BCUT2D eigenvalue weighted by Crippen LogP contribution is 2.54. The van der Waals surface area contributed by atoms with Crippen molar-refractivity contribution >= 4 is 0 Å². The molecule has 0 bridgehead atoms. The minimum absolute atomic E-state index is 0.0321. The molecule has 20 heavy (non-hydrogen) atoms. The van der Waals surface area contributed by atoms with E-state index >= 15 is 0 Å². The molecule has 0 unspecified atom stereocenters. The van der Waals surface area contributed by atoms with Gasteiger partial charge in [0.2, 0.25) is 6.33 Å². The summed E-state index contributed by atoms with van der Waals surface area (Å²) in [6.45, 7) is 1.45. The van der Waals surface area contributed by atoms with Crippen molar-refractivity contribution in [2.24, 2.45) is 0 Å². The van der Waals surface area contributed by atoms with Gasteiger partial charge in [0.15, 0.2) is 0 Å². The molecule has 0 aromatic carbocycles. The predicted octanol–water partition coefficient (Wildman–Crippen LogP) is 3.18. The van der Waals surface area contributed by atoms with Crippen molar-refractivity contribution in [1.82, 2.24) is 4.57 Å². The van der Waals surface area contributed by atoms with Gasteiger partial charge in [-0.15, -0.1) is 0 Å². The quantitative estimate of drug-likeness (QED) is 0.596. The van der Waals surface area contributed by atoms with Gasteiger partial charge >= 0.3 is 24.1 Å². The molecule has 11 heteroatoms. The van der Waals surface area contributed by atoms with Crippen molar-refractivity contribution in [3.63, 3.8) is 0 Å². The molecule has 0 saturated heterocycles. The summed E-state index contributed by atoms with van der Waals surface area (Å²) in [5.74, 6) is -13.5. The van der Waals surface area contributed by atoms with Gasteiger partial charge in [-0.3, -0.25) is 0 Å². The zero-order valence-corrected chi connectivity index (χ0v) is 9.74. The van der Waals surface area contributed by atoms with Gasteiger partial charge in [-0.2, -0.15) is 44.1 Å². The maximum absolute atomic E-state index is 13.3. The first kappa shape index (κ1) is 16.6. The van der Waals surface area contributed by atoms with Crippen LogP contribution in [-0.4, -0.2) is 22.6 Å². The lowest BCUT2D eigenvalue weighted by atomic mass is 10.1. The Balaban J connectivity index is 3.31. The Bertz CT molecular complexity index is 474. The zero-order chi connectivity index (χ0) is 16.0. The monoisotopic (exact) mass is 315 g/mol. The van der Waals surface area contributed by atoms with Crippen LogP contribution in [-0.2, 0) is 12.6 Å². The molecule has 0 atom stereocenters. The molecule has 1 heterocycles. The Morgan fingerprint density at radius 1 is 0.900 bits per heavy atom. The van der Waals surface area contributed by atoms with Gasteiger partial charge in [0.05, 0.1) is 6.54 Å². The van der Waals surface area contributed by atoms with E-state index in [0.29, 0.717) is 6.33 Å². The minimum atomic E-state index is -6.88. The van der Waals surface area contributed by atoms with Crippen LogP contribution in [0.15, 0.2) is 18.7 Å². The average molecular weight is 315 g/mol. The summed E-state index contributed by atoms with van der Waals surface area (Å²) in [5.41, 5.74) is 0. The number of aryl methyl sites for hydroxylation is 1. The van der Waals surface area contributed by atoms with E-state index in [2.05, 4.69) is 0 Å². The summed E-state index contributed by atoms with van der Waals surface area (Å²) in [6, 6.07) is -5.76. The first-order valence-electron chi connectivity index (χ1n) is 5.06. The Morgan fingerprint density at radius 3 is 1.75 bits per heavy atom. The number of rotatable bonds is 4. The molecule has 0 N–H and O–H groups in total. The predicted molar refractivity (Wildman–Crippen MR) is 46.4 cm³/mol. The normalized spacial score (nSPS) is 14.7. The van der Waals surface area contributed by atoms with E-state index < -0.39 is 28.6 Å². The molecule has 0 amide bonds. The van der Waals surface area contributed by atoms with E-state index in [-0.39, 0.29) is 12.7 Å². The summed E-state index contributed by atoms with van der Waals surface area (Å²) in [4.78, 5) is 0. The highest BCUT2D eigenvalue weighted by atomic mass is 19.4. The first-order valence-corrected chi connectivity index (χ1v) is 5.06. The van der Waals surface area contributed by atoms with Crippen LogP contribution in [0, 0.1) is 0 Å². The topological polar surface area (TPSA) is 8.81 Å². The molecule has 1 aromatic heterocycles. The molecule has 0 fully saturated rings. The van der Waals surface area contributed by atoms with Crippen molar-refractivity contribution in [2.45, 2.75) is 37.5 Å². The van der Waals surface area contributed by atoms with Gasteiger partial charge < -0.3 is 0 Å². The summed E-state index contributed by atoms with van der Waals surface area (Å²) in [6.07, 6.45) is -5.40. The van der Waals surface area contributed by atoms with Crippen LogP contribution in [0.5, 0.6) is 0 Å². The Labute approximate surface area is 106 Å². The van der Waals surface area contributed by atoms with Crippen LogP contribution in [0.25, 0.3) is 0 Å². The van der Waals surface area contributed by atoms with Crippen molar-refractivity contribution in [1.29, 1.82) is 0 Å². The Hall–Kier alpha value is -1.42. The fourth-order valence-electron chi connectivity index (χ4n) is 1.28. The van der Waals surface area contributed by atoms with Crippen molar-refractivity contribution in [3.05, 3.63) is 18.7 Å². The van der Waals surface area contributed by atoms with E-state index in [1.807, 2.05) is 0 Å². The van der Waals surface area contributed by atoms with Gasteiger partial charge in [0, 0.05) is 0 Å².